The van der Waals surface area contributed by atoms with Gasteiger partial charge in [-0.3, -0.25) is 0 Å². The molecule has 1 aromatic carbocycles. The number of benzene rings is 1. The summed E-state index contributed by atoms with van der Waals surface area (Å²) in [6.45, 7) is 6.34. The molecule has 1 unspecified atom stereocenters. The van der Waals surface area contributed by atoms with E-state index in [1.165, 1.54) is 12.1 Å². The largest absolute Gasteiger partial charge is 0.364 e. The van der Waals surface area contributed by atoms with Crippen LogP contribution in [0.1, 0.15) is 20.3 Å². The number of nitrogens with zero attached hydrogens (tertiary/aromatic N) is 1. The van der Waals surface area contributed by atoms with Gasteiger partial charge in [0.25, 0.3) is 0 Å². The second-order valence-corrected chi connectivity index (χ2v) is 6.36. The lowest BCUT2D eigenvalue weighted by Crippen LogP contribution is -2.51. The summed E-state index contributed by atoms with van der Waals surface area (Å²) >= 11 is 3.10. The second kappa shape index (κ2) is 6.18. The highest BCUT2D eigenvalue weighted by Crippen LogP contribution is 2.28. The van der Waals surface area contributed by atoms with E-state index in [0.29, 0.717) is 23.5 Å². The third-order valence-corrected chi connectivity index (χ3v) is 3.77. The van der Waals surface area contributed by atoms with Crippen LogP contribution in [0.25, 0.3) is 0 Å². The minimum Gasteiger partial charge on any atom is -0.364 e. The Morgan fingerprint density at radius 2 is 2.00 bits per heavy atom. The quantitative estimate of drug-likeness (QED) is 0.910. The smallest absolute Gasteiger partial charge is 0.150 e. The molecule has 1 atom stereocenters. The van der Waals surface area contributed by atoms with Crippen molar-refractivity contribution < 1.29 is 8.78 Å². The molecule has 1 aliphatic heterocycles. The van der Waals surface area contributed by atoms with E-state index in [1.54, 1.807) is 4.90 Å². The van der Waals surface area contributed by atoms with Crippen molar-refractivity contribution in [3.8, 4) is 0 Å². The van der Waals surface area contributed by atoms with Gasteiger partial charge in [0, 0.05) is 30.1 Å². The van der Waals surface area contributed by atoms with Crippen molar-refractivity contribution in [1.82, 2.24) is 5.32 Å². The molecule has 2 nitrogen and oxygen atoms in total. The Morgan fingerprint density at radius 1 is 1.37 bits per heavy atom. The van der Waals surface area contributed by atoms with E-state index in [0.717, 1.165) is 13.0 Å². The number of anilines is 1. The zero-order valence-electron chi connectivity index (χ0n) is 11.2. The van der Waals surface area contributed by atoms with Crippen LogP contribution in [0.4, 0.5) is 14.5 Å². The van der Waals surface area contributed by atoms with Crippen LogP contribution in [-0.2, 0) is 0 Å². The third-order valence-electron chi connectivity index (χ3n) is 3.31. The maximum Gasteiger partial charge on any atom is 0.150 e. The predicted molar refractivity (Wildman–Crippen MR) is 77.5 cm³/mol. The molecule has 1 aromatic rings. The van der Waals surface area contributed by atoms with Crippen LogP contribution in [0.2, 0.25) is 0 Å². The summed E-state index contributed by atoms with van der Waals surface area (Å²) in [6.07, 6.45) is 1.01. The van der Waals surface area contributed by atoms with Crippen LogP contribution in [-0.4, -0.2) is 25.7 Å². The fraction of sp³-hybridized carbons (Fsp3) is 0.571. The lowest BCUT2D eigenvalue weighted by Gasteiger charge is -2.36. The number of halogens is 3. The van der Waals surface area contributed by atoms with Gasteiger partial charge in [0.15, 0.2) is 11.6 Å². The Labute approximate surface area is 121 Å². The summed E-state index contributed by atoms with van der Waals surface area (Å²) in [7, 11) is 0. The van der Waals surface area contributed by atoms with E-state index in [2.05, 4.69) is 35.1 Å². The minimum atomic E-state index is -0.503. The molecule has 1 aliphatic rings. The molecular weight excluding hydrogens is 314 g/mol. The Hall–Kier alpha value is -0.680. The predicted octanol–water partition coefficient (Wildman–Crippen LogP) is 3.55. The van der Waals surface area contributed by atoms with Crippen molar-refractivity contribution in [2.24, 2.45) is 5.92 Å². The highest BCUT2D eigenvalue weighted by molar-refractivity contribution is 9.10. The standard InChI is InChI=1S/C14H19BrF2N2/c1-9(2)5-11-8-19(4-3-18-11)14-12(16)6-10(15)7-13(14)17/h6-7,9,11,18H,3-5,8H2,1-2H3. The van der Waals surface area contributed by atoms with Gasteiger partial charge < -0.3 is 10.2 Å². The highest BCUT2D eigenvalue weighted by atomic mass is 79.9. The van der Waals surface area contributed by atoms with E-state index >= 15 is 0 Å². The zero-order chi connectivity index (χ0) is 14.0. The molecule has 2 rings (SSSR count). The van der Waals surface area contributed by atoms with Crippen LogP contribution in [0, 0.1) is 17.6 Å². The number of hydrogen-bond acceptors (Lipinski definition) is 2. The van der Waals surface area contributed by atoms with Crippen molar-refractivity contribution in [3.05, 3.63) is 28.2 Å². The molecular formula is C14H19BrF2N2. The van der Waals surface area contributed by atoms with E-state index in [4.69, 9.17) is 0 Å². The average molecular weight is 333 g/mol. The molecule has 106 valence electrons. The van der Waals surface area contributed by atoms with E-state index in [-0.39, 0.29) is 11.7 Å². The third kappa shape index (κ3) is 3.66. The summed E-state index contributed by atoms with van der Waals surface area (Å²) in [5, 5.41) is 3.40. The molecule has 0 aromatic heterocycles. The number of hydrogen-bond donors (Lipinski definition) is 1. The zero-order valence-corrected chi connectivity index (χ0v) is 12.8. The Kier molecular flexibility index (Phi) is 4.79. The lowest BCUT2D eigenvalue weighted by molar-refractivity contribution is 0.384. The van der Waals surface area contributed by atoms with Crippen molar-refractivity contribution in [3.63, 3.8) is 0 Å². The summed E-state index contributed by atoms with van der Waals surface area (Å²) in [5.74, 6) is -0.439. The molecule has 0 amide bonds. The van der Waals surface area contributed by atoms with E-state index in [1.807, 2.05) is 0 Å². The molecule has 0 spiro atoms. The molecule has 1 N–H and O–H groups in total. The van der Waals surface area contributed by atoms with Gasteiger partial charge in [-0.05, 0) is 24.5 Å². The molecule has 0 radical (unpaired) electrons. The Balaban J connectivity index is 2.17. The van der Waals surface area contributed by atoms with Crippen LogP contribution >= 0.6 is 15.9 Å². The maximum absolute atomic E-state index is 14.0. The highest BCUT2D eigenvalue weighted by Gasteiger charge is 2.24. The van der Waals surface area contributed by atoms with Crippen molar-refractivity contribution in [2.75, 3.05) is 24.5 Å². The van der Waals surface area contributed by atoms with E-state index in [9.17, 15) is 8.78 Å². The molecule has 0 aliphatic carbocycles. The Morgan fingerprint density at radius 3 is 2.58 bits per heavy atom. The minimum absolute atomic E-state index is 0.0958. The van der Waals surface area contributed by atoms with Gasteiger partial charge in [-0.2, -0.15) is 0 Å². The van der Waals surface area contributed by atoms with Gasteiger partial charge in [-0.15, -0.1) is 0 Å². The molecule has 0 bridgehead atoms. The molecule has 1 saturated heterocycles. The number of nitrogens with one attached hydrogen (secondary N) is 1. The van der Waals surface area contributed by atoms with Crippen molar-refractivity contribution in [1.29, 1.82) is 0 Å². The van der Waals surface area contributed by atoms with Gasteiger partial charge in [0.05, 0.1) is 0 Å². The fourth-order valence-electron chi connectivity index (χ4n) is 2.59. The van der Waals surface area contributed by atoms with Crippen LogP contribution < -0.4 is 10.2 Å². The summed E-state index contributed by atoms with van der Waals surface area (Å²) in [5.41, 5.74) is 0.0958. The summed E-state index contributed by atoms with van der Waals surface area (Å²) in [4.78, 5) is 1.81. The fourth-order valence-corrected chi connectivity index (χ4v) is 2.99. The molecule has 5 heteroatoms. The molecule has 19 heavy (non-hydrogen) atoms. The Bertz CT molecular complexity index is 428. The lowest BCUT2D eigenvalue weighted by atomic mass is 10.0. The van der Waals surface area contributed by atoms with Crippen LogP contribution in [0.5, 0.6) is 0 Å². The number of rotatable bonds is 3. The first-order chi connectivity index (χ1) is 8.97. The first-order valence-electron chi connectivity index (χ1n) is 6.60. The molecule has 1 heterocycles. The SMILES string of the molecule is CC(C)CC1CN(c2c(F)cc(Br)cc2F)CCN1. The van der Waals surface area contributed by atoms with Crippen LogP contribution in [0.3, 0.4) is 0 Å². The van der Waals surface area contributed by atoms with Gasteiger partial charge in [0.1, 0.15) is 5.69 Å². The monoisotopic (exact) mass is 332 g/mol. The molecule has 0 saturated carbocycles. The first kappa shape index (κ1) is 14.7. The molecule has 1 fully saturated rings. The average Bonchev–Trinajstić information content (AvgIpc) is 2.26. The summed E-state index contributed by atoms with van der Waals surface area (Å²) in [6, 6.07) is 2.92. The normalized spacial score (nSPS) is 20.1. The van der Waals surface area contributed by atoms with Gasteiger partial charge in [-0.25, -0.2) is 8.78 Å². The first-order valence-corrected chi connectivity index (χ1v) is 7.39. The van der Waals surface area contributed by atoms with Gasteiger partial charge >= 0.3 is 0 Å². The second-order valence-electron chi connectivity index (χ2n) is 5.44. The van der Waals surface area contributed by atoms with Crippen molar-refractivity contribution >= 4 is 21.6 Å². The maximum atomic E-state index is 14.0. The summed E-state index contributed by atoms with van der Waals surface area (Å²) < 4.78 is 28.3. The van der Waals surface area contributed by atoms with Gasteiger partial charge in [0.2, 0.25) is 0 Å². The topological polar surface area (TPSA) is 15.3 Å². The van der Waals surface area contributed by atoms with Crippen LogP contribution in [0.15, 0.2) is 16.6 Å². The van der Waals surface area contributed by atoms with Crippen molar-refractivity contribution in [2.45, 2.75) is 26.3 Å². The van der Waals surface area contributed by atoms with E-state index < -0.39 is 11.6 Å². The van der Waals surface area contributed by atoms with Gasteiger partial charge in [-0.1, -0.05) is 29.8 Å². The number of piperazine rings is 1.